The summed E-state index contributed by atoms with van der Waals surface area (Å²) in [5.74, 6) is 0.0653. The number of esters is 1. The number of nitrogens with one attached hydrogen (secondary N) is 1. The predicted molar refractivity (Wildman–Crippen MR) is 102 cm³/mol. The number of nitriles is 2. The lowest BCUT2D eigenvalue weighted by atomic mass is 9.95. The summed E-state index contributed by atoms with van der Waals surface area (Å²) in [5.41, 5.74) is 3.46. The van der Waals surface area contributed by atoms with E-state index in [4.69, 9.17) is 20.0 Å². The monoisotopic (exact) mass is 374 g/mol. The Hall–Kier alpha value is -3.84. The molecule has 0 aliphatic heterocycles. The minimum Gasteiger partial charge on any atom is -0.494 e. The van der Waals surface area contributed by atoms with E-state index in [-0.39, 0.29) is 6.42 Å². The second-order valence-electron chi connectivity index (χ2n) is 6.19. The van der Waals surface area contributed by atoms with Crippen LogP contribution in [0.4, 0.5) is 0 Å². The average Bonchev–Trinajstić information content (AvgIpc) is 3.15. The van der Waals surface area contributed by atoms with Gasteiger partial charge in [0.1, 0.15) is 17.1 Å². The number of fused-ring (bicyclic) bond motifs is 1. The van der Waals surface area contributed by atoms with Crippen LogP contribution in [-0.4, -0.2) is 30.2 Å². The maximum Gasteiger partial charge on any atom is 0.314 e. The number of carbonyl (C=O) groups is 1. The molecule has 0 fully saturated rings. The molecular formula is C21H18N4O3. The van der Waals surface area contributed by atoms with Gasteiger partial charge in [0.2, 0.25) is 0 Å². The first-order valence-electron chi connectivity index (χ1n) is 8.60. The summed E-state index contributed by atoms with van der Waals surface area (Å²) in [4.78, 5) is 20.1. The first-order chi connectivity index (χ1) is 13.6. The first kappa shape index (κ1) is 18.9. The van der Waals surface area contributed by atoms with Gasteiger partial charge < -0.3 is 14.5 Å². The highest BCUT2D eigenvalue weighted by atomic mass is 16.5. The van der Waals surface area contributed by atoms with Gasteiger partial charge in [0, 0.05) is 6.42 Å². The van der Waals surface area contributed by atoms with Crippen LogP contribution in [0.2, 0.25) is 0 Å². The van der Waals surface area contributed by atoms with Crippen molar-refractivity contribution in [3.63, 3.8) is 0 Å². The second-order valence-corrected chi connectivity index (χ2v) is 6.19. The van der Waals surface area contributed by atoms with Crippen molar-refractivity contribution in [1.82, 2.24) is 9.97 Å². The molecule has 0 saturated heterocycles. The van der Waals surface area contributed by atoms with E-state index in [2.05, 4.69) is 16.0 Å². The fourth-order valence-electron chi connectivity index (χ4n) is 3.12. The minimum atomic E-state index is -0.716. The number of carbonyl (C=O) groups excluding carboxylic acids is 1. The zero-order chi connectivity index (χ0) is 20.1. The van der Waals surface area contributed by atoms with Gasteiger partial charge in [-0.1, -0.05) is 18.2 Å². The lowest BCUT2D eigenvalue weighted by Gasteiger charge is -2.13. The van der Waals surface area contributed by atoms with E-state index in [9.17, 15) is 4.79 Å². The molecule has 0 aliphatic carbocycles. The van der Waals surface area contributed by atoms with E-state index in [1.54, 1.807) is 31.4 Å². The van der Waals surface area contributed by atoms with Crippen LogP contribution in [0.5, 0.6) is 5.75 Å². The molecular weight excluding hydrogens is 356 g/mol. The van der Waals surface area contributed by atoms with Crippen molar-refractivity contribution >= 4 is 17.0 Å². The second kappa shape index (κ2) is 8.24. The summed E-state index contributed by atoms with van der Waals surface area (Å²) in [6, 6.07) is 14.9. The van der Waals surface area contributed by atoms with Gasteiger partial charge in [0.15, 0.2) is 0 Å². The number of rotatable bonds is 6. The van der Waals surface area contributed by atoms with E-state index >= 15 is 0 Å². The highest BCUT2D eigenvalue weighted by Crippen LogP contribution is 2.33. The smallest absolute Gasteiger partial charge is 0.314 e. The van der Waals surface area contributed by atoms with Crippen LogP contribution in [0.25, 0.3) is 11.0 Å². The van der Waals surface area contributed by atoms with Gasteiger partial charge in [-0.15, -0.1) is 0 Å². The van der Waals surface area contributed by atoms with Crippen molar-refractivity contribution in [1.29, 1.82) is 10.5 Å². The first-order valence-corrected chi connectivity index (χ1v) is 8.60. The van der Waals surface area contributed by atoms with Crippen LogP contribution < -0.4 is 4.74 Å². The number of aromatic nitrogens is 2. The molecule has 1 aromatic heterocycles. The lowest BCUT2D eigenvalue weighted by molar-refractivity contribution is -0.142. The van der Waals surface area contributed by atoms with Crippen LogP contribution in [0.1, 0.15) is 34.9 Å². The molecule has 0 radical (unpaired) electrons. The van der Waals surface area contributed by atoms with Crippen LogP contribution in [0, 0.1) is 22.7 Å². The SMILES string of the molecule is COC(=O)C(CC#N)c1ccc(OC)c2nc(Cc3ccc(C#N)cc3)[nH]c12. The molecule has 2 aromatic carbocycles. The van der Waals surface area contributed by atoms with Crippen molar-refractivity contribution in [2.45, 2.75) is 18.8 Å². The van der Waals surface area contributed by atoms with E-state index in [0.29, 0.717) is 40.2 Å². The largest absolute Gasteiger partial charge is 0.494 e. The Balaban J connectivity index is 2.06. The third-order valence-electron chi connectivity index (χ3n) is 4.52. The Morgan fingerprint density at radius 1 is 1.18 bits per heavy atom. The van der Waals surface area contributed by atoms with Gasteiger partial charge >= 0.3 is 5.97 Å². The van der Waals surface area contributed by atoms with Crippen molar-refractivity contribution in [2.24, 2.45) is 0 Å². The number of imidazole rings is 1. The molecule has 1 N–H and O–H groups in total. The molecule has 1 heterocycles. The predicted octanol–water partition coefficient (Wildman–Crippen LogP) is 3.20. The van der Waals surface area contributed by atoms with Crippen molar-refractivity contribution in [2.75, 3.05) is 14.2 Å². The maximum absolute atomic E-state index is 12.2. The molecule has 140 valence electrons. The highest BCUT2D eigenvalue weighted by Gasteiger charge is 2.26. The molecule has 7 heteroatoms. The van der Waals surface area contributed by atoms with E-state index in [1.165, 1.54) is 7.11 Å². The van der Waals surface area contributed by atoms with E-state index < -0.39 is 11.9 Å². The van der Waals surface area contributed by atoms with Crippen LogP contribution in [0.3, 0.4) is 0 Å². The number of H-pyrrole nitrogens is 1. The number of hydrogen-bond donors (Lipinski definition) is 1. The molecule has 0 saturated carbocycles. The maximum atomic E-state index is 12.2. The topological polar surface area (TPSA) is 112 Å². The van der Waals surface area contributed by atoms with Gasteiger partial charge in [-0.25, -0.2) is 4.98 Å². The molecule has 0 amide bonds. The summed E-state index contributed by atoms with van der Waals surface area (Å²) >= 11 is 0. The fraction of sp³-hybridized carbons (Fsp3) is 0.238. The van der Waals surface area contributed by atoms with Gasteiger partial charge in [-0.2, -0.15) is 10.5 Å². The molecule has 1 unspecified atom stereocenters. The molecule has 0 spiro atoms. The Labute approximate surface area is 162 Å². The fourth-order valence-corrected chi connectivity index (χ4v) is 3.12. The molecule has 3 aromatic rings. The van der Waals surface area contributed by atoms with Crippen LogP contribution >= 0.6 is 0 Å². The number of benzene rings is 2. The summed E-state index contributed by atoms with van der Waals surface area (Å²) in [5, 5.41) is 18.0. The molecule has 0 aliphatic rings. The Morgan fingerprint density at radius 3 is 2.54 bits per heavy atom. The summed E-state index contributed by atoms with van der Waals surface area (Å²) in [6.45, 7) is 0. The normalized spacial score (nSPS) is 11.4. The number of ether oxygens (including phenoxy) is 2. The molecule has 28 heavy (non-hydrogen) atoms. The van der Waals surface area contributed by atoms with E-state index in [0.717, 1.165) is 5.56 Å². The quantitative estimate of drug-likeness (QED) is 0.663. The lowest BCUT2D eigenvalue weighted by Crippen LogP contribution is -2.14. The molecule has 0 bridgehead atoms. The van der Waals surface area contributed by atoms with Gasteiger partial charge in [0.05, 0.1) is 49.8 Å². The highest BCUT2D eigenvalue weighted by molar-refractivity contribution is 5.90. The standard InChI is InChI=1S/C21H18N4O3/c1-27-17-8-7-15(16(9-10-22)21(26)28-2)19-20(17)25-18(24-19)11-13-3-5-14(12-23)6-4-13/h3-8,16H,9,11H2,1-2H3,(H,24,25). The summed E-state index contributed by atoms with van der Waals surface area (Å²) < 4.78 is 10.3. The van der Waals surface area contributed by atoms with Gasteiger partial charge in [-0.05, 0) is 29.3 Å². The molecule has 1 atom stereocenters. The van der Waals surface area contributed by atoms with E-state index in [1.807, 2.05) is 18.2 Å². The zero-order valence-electron chi connectivity index (χ0n) is 15.5. The number of methoxy groups -OCH3 is 2. The zero-order valence-corrected chi connectivity index (χ0v) is 15.5. The minimum absolute atomic E-state index is 0.00191. The van der Waals surface area contributed by atoms with Crippen molar-refractivity contribution in [3.8, 4) is 17.9 Å². The van der Waals surface area contributed by atoms with Crippen molar-refractivity contribution < 1.29 is 14.3 Å². The Kier molecular flexibility index (Phi) is 5.57. The summed E-state index contributed by atoms with van der Waals surface area (Å²) in [6.07, 6.45) is 0.516. The number of hydrogen-bond acceptors (Lipinski definition) is 6. The van der Waals surface area contributed by atoms with Gasteiger partial charge in [0.25, 0.3) is 0 Å². The average molecular weight is 374 g/mol. The van der Waals surface area contributed by atoms with Crippen LogP contribution in [0.15, 0.2) is 36.4 Å². The Morgan fingerprint density at radius 2 is 1.93 bits per heavy atom. The Bertz CT molecular complexity index is 1090. The van der Waals surface area contributed by atoms with Crippen LogP contribution in [-0.2, 0) is 16.0 Å². The number of nitrogens with zero attached hydrogens (tertiary/aromatic N) is 3. The van der Waals surface area contributed by atoms with Gasteiger partial charge in [-0.3, -0.25) is 4.79 Å². The third-order valence-corrected chi connectivity index (χ3v) is 4.52. The van der Waals surface area contributed by atoms with Crippen molar-refractivity contribution in [3.05, 3.63) is 58.9 Å². The third kappa shape index (κ3) is 3.65. The summed E-state index contributed by atoms with van der Waals surface area (Å²) in [7, 11) is 2.85. The molecule has 3 rings (SSSR count). The molecule has 7 nitrogen and oxygen atoms in total. The number of aromatic amines is 1.